The molecule has 0 aliphatic heterocycles. The zero-order valence-electron chi connectivity index (χ0n) is 18.9. The van der Waals surface area contributed by atoms with Crippen LogP contribution in [0.2, 0.25) is 0 Å². The molecule has 3 aromatic rings. The number of aliphatic hydroxyl groups is 1. The number of aromatic carboxylic acids is 1. The molecule has 1 aromatic heterocycles. The van der Waals surface area contributed by atoms with Crippen LogP contribution in [0.4, 0.5) is 0 Å². The van der Waals surface area contributed by atoms with E-state index in [1.54, 1.807) is 29.5 Å². The van der Waals surface area contributed by atoms with Crippen molar-refractivity contribution in [2.24, 2.45) is 5.92 Å². The van der Waals surface area contributed by atoms with Gasteiger partial charge >= 0.3 is 5.97 Å². The second-order valence-electron chi connectivity index (χ2n) is 8.88. The summed E-state index contributed by atoms with van der Waals surface area (Å²) in [6, 6.07) is 18.9. The van der Waals surface area contributed by atoms with Crippen LogP contribution in [0.15, 0.2) is 60.7 Å². The first-order chi connectivity index (χ1) is 16.3. The molecule has 0 bridgehead atoms. The normalized spacial score (nSPS) is 23.2. The fourth-order valence-corrected chi connectivity index (χ4v) is 6.61. The van der Waals surface area contributed by atoms with Gasteiger partial charge in [0.25, 0.3) is 0 Å². The van der Waals surface area contributed by atoms with Crippen molar-refractivity contribution in [3.8, 4) is 0 Å². The maximum absolute atomic E-state index is 11.2. The van der Waals surface area contributed by atoms with Gasteiger partial charge in [-0.25, -0.2) is 4.79 Å². The Morgan fingerprint density at radius 2 is 1.88 bits per heavy atom. The van der Waals surface area contributed by atoms with Gasteiger partial charge in [0.1, 0.15) is 0 Å². The van der Waals surface area contributed by atoms with Crippen molar-refractivity contribution in [3.63, 3.8) is 0 Å². The minimum absolute atomic E-state index is 0.0386. The summed E-state index contributed by atoms with van der Waals surface area (Å²) in [5.74, 6) is -0.875. The fraction of sp³-hybridized carbons (Fsp3) is 0.370. The quantitative estimate of drug-likeness (QED) is 0.314. The van der Waals surface area contributed by atoms with Crippen LogP contribution >= 0.6 is 34.5 Å². The van der Waals surface area contributed by atoms with Gasteiger partial charge in [0.2, 0.25) is 0 Å². The Bertz CT molecular complexity index is 1110. The van der Waals surface area contributed by atoms with E-state index in [1.807, 2.05) is 30.3 Å². The summed E-state index contributed by atoms with van der Waals surface area (Å²) in [7, 11) is 0. The molecule has 5 atom stereocenters. The largest absolute Gasteiger partial charge is 0.478 e. The number of hydrogen-bond donors (Lipinski definition) is 2. The van der Waals surface area contributed by atoms with E-state index in [4.69, 9.17) is 27.9 Å². The summed E-state index contributed by atoms with van der Waals surface area (Å²) in [6.07, 6.45) is 0.741. The molecule has 0 saturated heterocycles. The minimum Gasteiger partial charge on any atom is -0.478 e. The Hall–Kier alpha value is -1.89. The molecule has 1 aliphatic rings. The third kappa shape index (κ3) is 6.02. The van der Waals surface area contributed by atoms with E-state index in [0.29, 0.717) is 26.1 Å². The Kier molecular flexibility index (Phi) is 8.33. The van der Waals surface area contributed by atoms with E-state index >= 15 is 0 Å². The molecular formula is C27H28Cl2O4S. The Balaban J connectivity index is 1.40. The van der Waals surface area contributed by atoms with Gasteiger partial charge < -0.3 is 14.9 Å². The number of halogens is 2. The molecule has 0 radical (unpaired) electrons. The van der Waals surface area contributed by atoms with E-state index < -0.39 is 12.1 Å². The molecule has 5 unspecified atom stereocenters. The highest BCUT2D eigenvalue weighted by Crippen LogP contribution is 2.46. The number of benzene rings is 2. The second-order valence-corrected chi connectivity index (χ2v) is 11.4. The number of rotatable bonds is 9. The van der Waals surface area contributed by atoms with Crippen LogP contribution in [0.25, 0.3) is 0 Å². The minimum atomic E-state index is -0.956. The monoisotopic (exact) mass is 518 g/mol. The number of carboxylic acid groups (broad SMARTS) is 1. The molecule has 1 heterocycles. The van der Waals surface area contributed by atoms with Crippen molar-refractivity contribution in [1.82, 2.24) is 0 Å². The average molecular weight is 519 g/mol. The number of aliphatic hydroxyl groups excluding tert-OH is 1. The first-order valence-electron chi connectivity index (χ1n) is 11.3. The van der Waals surface area contributed by atoms with Gasteiger partial charge in [-0.3, -0.25) is 0 Å². The van der Waals surface area contributed by atoms with Crippen LogP contribution in [0.1, 0.15) is 55.2 Å². The number of aryl methyl sites for hydroxylation is 1. The maximum atomic E-state index is 11.2. The summed E-state index contributed by atoms with van der Waals surface area (Å²) in [6.45, 7) is 2.81. The summed E-state index contributed by atoms with van der Waals surface area (Å²) >= 11 is 15.1. The standard InChI is InChI=1S/C27H28Cl2O4S/c1-16-5-10-21(34-16)12-25(30)18-6-8-19(9-7-18)26-22(23(28)13-24(26)29)15-33-14-17-3-2-4-20(11-17)27(31)32/h2-11,22-26,30H,12-15H2,1H3,(H,31,32). The van der Waals surface area contributed by atoms with E-state index in [0.717, 1.165) is 16.7 Å². The number of alkyl halides is 2. The van der Waals surface area contributed by atoms with Crippen molar-refractivity contribution in [2.75, 3.05) is 6.61 Å². The van der Waals surface area contributed by atoms with Crippen molar-refractivity contribution in [1.29, 1.82) is 0 Å². The highest BCUT2D eigenvalue weighted by atomic mass is 35.5. The number of hydrogen-bond acceptors (Lipinski definition) is 4. The van der Waals surface area contributed by atoms with Crippen LogP contribution in [0.3, 0.4) is 0 Å². The summed E-state index contributed by atoms with van der Waals surface area (Å²) in [5.41, 5.74) is 3.02. The zero-order chi connectivity index (χ0) is 24.2. The van der Waals surface area contributed by atoms with Gasteiger partial charge in [-0.05, 0) is 54.3 Å². The molecular weight excluding hydrogens is 491 g/mol. The van der Waals surface area contributed by atoms with Gasteiger partial charge in [-0.1, -0.05) is 36.4 Å². The molecule has 2 N–H and O–H groups in total. The molecule has 1 fully saturated rings. The van der Waals surface area contributed by atoms with Gasteiger partial charge in [-0.2, -0.15) is 0 Å². The topological polar surface area (TPSA) is 66.8 Å². The Morgan fingerprint density at radius 3 is 2.56 bits per heavy atom. The Morgan fingerprint density at radius 1 is 1.12 bits per heavy atom. The van der Waals surface area contributed by atoms with Gasteiger partial charge in [-0.15, -0.1) is 34.5 Å². The lowest BCUT2D eigenvalue weighted by Crippen LogP contribution is -2.22. The molecule has 1 aliphatic carbocycles. The highest BCUT2D eigenvalue weighted by molar-refractivity contribution is 7.11. The molecule has 7 heteroatoms. The van der Waals surface area contributed by atoms with Gasteiger partial charge in [0, 0.05) is 38.8 Å². The van der Waals surface area contributed by atoms with E-state index in [1.165, 1.54) is 9.75 Å². The number of carboxylic acids is 1. The summed E-state index contributed by atoms with van der Waals surface area (Å²) < 4.78 is 5.96. The second kappa shape index (κ2) is 11.2. The zero-order valence-corrected chi connectivity index (χ0v) is 21.2. The molecule has 34 heavy (non-hydrogen) atoms. The molecule has 1 saturated carbocycles. The number of carbonyl (C=O) groups is 1. The van der Waals surface area contributed by atoms with Crippen LogP contribution in [0, 0.1) is 12.8 Å². The summed E-state index contributed by atoms with van der Waals surface area (Å²) in [5, 5.41) is 19.6. The maximum Gasteiger partial charge on any atom is 0.335 e. The number of thiophene rings is 1. The summed E-state index contributed by atoms with van der Waals surface area (Å²) in [4.78, 5) is 13.6. The third-order valence-corrected chi connectivity index (χ3v) is 8.39. The smallest absolute Gasteiger partial charge is 0.335 e. The van der Waals surface area contributed by atoms with E-state index in [-0.39, 0.29) is 28.2 Å². The molecule has 4 rings (SSSR count). The fourth-order valence-electron chi connectivity index (χ4n) is 4.64. The van der Waals surface area contributed by atoms with E-state index in [2.05, 4.69) is 19.1 Å². The van der Waals surface area contributed by atoms with Gasteiger partial charge in [0.05, 0.1) is 24.9 Å². The van der Waals surface area contributed by atoms with Crippen molar-refractivity contribution in [2.45, 2.75) is 49.1 Å². The lowest BCUT2D eigenvalue weighted by atomic mass is 9.88. The van der Waals surface area contributed by atoms with Crippen LogP contribution in [0.5, 0.6) is 0 Å². The predicted molar refractivity (Wildman–Crippen MR) is 137 cm³/mol. The van der Waals surface area contributed by atoms with Gasteiger partial charge in [0.15, 0.2) is 0 Å². The van der Waals surface area contributed by atoms with Crippen molar-refractivity contribution < 1.29 is 19.7 Å². The van der Waals surface area contributed by atoms with Crippen LogP contribution < -0.4 is 0 Å². The highest BCUT2D eigenvalue weighted by Gasteiger charge is 2.42. The molecule has 180 valence electrons. The molecule has 0 amide bonds. The molecule has 2 aromatic carbocycles. The third-order valence-electron chi connectivity index (χ3n) is 6.42. The lowest BCUT2D eigenvalue weighted by molar-refractivity contribution is 0.0695. The SMILES string of the molecule is Cc1ccc(CC(O)c2ccc(C3C(Cl)CC(Cl)C3COCc3cccc(C(=O)O)c3)cc2)s1. The Labute approximate surface area is 214 Å². The van der Waals surface area contributed by atoms with Crippen molar-refractivity contribution in [3.05, 3.63) is 92.7 Å². The average Bonchev–Trinajstić information content (AvgIpc) is 3.35. The van der Waals surface area contributed by atoms with E-state index in [9.17, 15) is 15.0 Å². The lowest BCUT2D eigenvalue weighted by Gasteiger charge is -2.24. The van der Waals surface area contributed by atoms with Crippen molar-refractivity contribution >= 4 is 40.5 Å². The molecule has 4 nitrogen and oxygen atoms in total. The van der Waals surface area contributed by atoms with Crippen LogP contribution in [-0.2, 0) is 17.8 Å². The predicted octanol–water partition coefficient (Wildman–Crippen LogP) is 6.57. The first-order valence-corrected chi connectivity index (χ1v) is 13.0. The first kappa shape index (κ1) is 25.2. The number of ether oxygens (including phenoxy) is 1. The molecule has 0 spiro atoms. The van der Waals surface area contributed by atoms with Crippen LogP contribution in [-0.4, -0.2) is 33.5 Å².